The van der Waals surface area contributed by atoms with Crippen LogP contribution in [0.2, 0.25) is 0 Å². The van der Waals surface area contributed by atoms with E-state index in [9.17, 15) is 4.79 Å². The first-order valence-corrected chi connectivity index (χ1v) is 10.1. The van der Waals surface area contributed by atoms with Crippen molar-refractivity contribution in [3.8, 4) is 17.4 Å². The minimum Gasteiger partial charge on any atom is -0.493 e. The molecule has 1 aromatic heterocycles. The summed E-state index contributed by atoms with van der Waals surface area (Å²) < 4.78 is 17.5. The molecule has 1 amide bonds. The van der Waals surface area contributed by atoms with Crippen molar-refractivity contribution in [2.45, 2.75) is 32.9 Å². The third-order valence-electron chi connectivity index (χ3n) is 3.69. The number of amides is 1. The number of nitrogens with zero attached hydrogens (tertiary/aromatic N) is 1. The summed E-state index contributed by atoms with van der Waals surface area (Å²) in [5, 5.41) is 6.18. The van der Waals surface area contributed by atoms with Gasteiger partial charge < -0.3 is 24.8 Å². The fourth-order valence-corrected chi connectivity index (χ4v) is 2.93. The third kappa shape index (κ3) is 8.29. The van der Waals surface area contributed by atoms with Crippen LogP contribution in [0.5, 0.6) is 17.4 Å². The van der Waals surface area contributed by atoms with Gasteiger partial charge in [0, 0.05) is 35.4 Å². The third-order valence-corrected chi connectivity index (χ3v) is 4.43. The molecule has 0 aliphatic heterocycles. The fraction of sp³-hybridized carbons (Fsp3) is 0.429. The van der Waals surface area contributed by atoms with E-state index < -0.39 is 0 Å². The highest BCUT2D eigenvalue weighted by molar-refractivity contribution is 9.10. The molecule has 7 nitrogen and oxygen atoms in total. The van der Waals surface area contributed by atoms with Crippen molar-refractivity contribution in [2.75, 3.05) is 26.9 Å². The molecule has 0 atom stereocenters. The van der Waals surface area contributed by atoms with Crippen molar-refractivity contribution >= 4 is 21.8 Å². The van der Waals surface area contributed by atoms with Gasteiger partial charge in [0.1, 0.15) is 6.61 Å². The summed E-state index contributed by atoms with van der Waals surface area (Å²) in [6.45, 7) is 7.48. The van der Waals surface area contributed by atoms with E-state index in [1.165, 1.54) is 0 Å². The van der Waals surface area contributed by atoms with Crippen molar-refractivity contribution in [2.24, 2.45) is 0 Å². The van der Waals surface area contributed by atoms with Gasteiger partial charge in [0.25, 0.3) is 5.91 Å². The summed E-state index contributed by atoms with van der Waals surface area (Å²) in [4.78, 5) is 16.1. The topological polar surface area (TPSA) is 81.7 Å². The fourth-order valence-electron chi connectivity index (χ4n) is 2.47. The maximum absolute atomic E-state index is 12.0. The molecular weight excluding hydrogens is 438 g/mol. The number of ether oxygens (including phenoxy) is 3. The van der Waals surface area contributed by atoms with Crippen LogP contribution < -0.4 is 24.8 Å². The molecule has 0 aliphatic carbocycles. The van der Waals surface area contributed by atoms with Gasteiger partial charge in [-0.05, 0) is 44.5 Å². The lowest BCUT2D eigenvalue weighted by Gasteiger charge is -2.21. The maximum atomic E-state index is 12.0. The number of carbonyl (C=O) groups is 1. The van der Waals surface area contributed by atoms with E-state index in [-0.39, 0.29) is 18.1 Å². The Hall–Kier alpha value is -2.32. The molecule has 1 heterocycles. The molecule has 0 fully saturated rings. The summed E-state index contributed by atoms with van der Waals surface area (Å²) in [6, 6.07) is 9.25. The molecule has 1 aromatic carbocycles. The molecular formula is C21H28BrN3O4. The van der Waals surface area contributed by atoms with E-state index in [4.69, 9.17) is 14.2 Å². The Labute approximate surface area is 180 Å². The Morgan fingerprint density at radius 1 is 1.17 bits per heavy atom. The Morgan fingerprint density at radius 3 is 2.62 bits per heavy atom. The molecule has 0 saturated heterocycles. The normalized spacial score (nSPS) is 11.1. The van der Waals surface area contributed by atoms with E-state index in [0.717, 1.165) is 10.0 Å². The predicted molar refractivity (Wildman–Crippen MR) is 116 cm³/mol. The molecule has 0 saturated carbocycles. The van der Waals surface area contributed by atoms with Gasteiger partial charge in [-0.15, -0.1) is 0 Å². The lowest BCUT2D eigenvalue weighted by molar-refractivity contribution is -0.124. The number of hydrogen-bond donors (Lipinski definition) is 2. The number of nitrogens with one attached hydrogen (secondary N) is 2. The molecule has 8 heteroatoms. The van der Waals surface area contributed by atoms with Gasteiger partial charge in [-0.25, -0.2) is 4.98 Å². The molecule has 0 radical (unpaired) electrons. The smallest absolute Gasteiger partial charge is 0.258 e. The van der Waals surface area contributed by atoms with Crippen LogP contribution in [0.1, 0.15) is 26.3 Å². The molecule has 0 spiro atoms. The maximum Gasteiger partial charge on any atom is 0.258 e. The van der Waals surface area contributed by atoms with Crippen LogP contribution in [0.3, 0.4) is 0 Å². The second-order valence-corrected chi connectivity index (χ2v) is 8.23. The molecule has 2 rings (SSSR count). The number of hydrogen-bond acceptors (Lipinski definition) is 6. The number of carbonyl (C=O) groups excluding carboxylic acids is 1. The van der Waals surface area contributed by atoms with Gasteiger partial charge in [0.15, 0.2) is 18.1 Å². The molecule has 2 N–H and O–H groups in total. The van der Waals surface area contributed by atoms with E-state index in [2.05, 4.69) is 31.5 Å². The molecule has 0 bridgehead atoms. The second kappa shape index (κ2) is 11.0. The quantitative estimate of drug-likeness (QED) is 0.523. The van der Waals surface area contributed by atoms with Gasteiger partial charge in [-0.2, -0.15) is 0 Å². The molecule has 0 aliphatic rings. The number of benzene rings is 1. The summed E-state index contributed by atoms with van der Waals surface area (Å²) in [7, 11) is 1.57. The van der Waals surface area contributed by atoms with Gasteiger partial charge >= 0.3 is 0 Å². The first-order chi connectivity index (χ1) is 13.8. The monoisotopic (exact) mass is 465 g/mol. The van der Waals surface area contributed by atoms with Crippen LogP contribution >= 0.6 is 15.9 Å². The summed E-state index contributed by atoms with van der Waals surface area (Å²) in [6.07, 6.45) is 1.70. The first-order valence-electron chi connectivity index (χ1n) is 9.33. The Bertz CT molecular complexity index is 795. The highest BCUT2D eigenvalue weighted by atomic mass is 79.9. The van der Waals surface area contributed by atoms with Gasteiger partial charge in [0.2, 0.25) is 5.88 Å². The summed E-state index contributed by atoms with van der Waals surface area (Å²) >= 11 is 3.55. The molecule has 158 valence electrons. The second-order valence-electron chi connectivity index (χ2n) is 7.37. The van der Waals surface area contributed by atoms with Crippen molar-refractivity contribution < 1.29 is 19.0 Å². The predicted octanol–water partition coefficient (Wildman–Crippen LogP) is 3.31. The molecule has 2 aromatic rings. The van der Waals surface area contributed by atoms with E-state index in [0.29, 0.717) is 37.1 Å². The standard InChI is InChI=1S/C21H28BrN3O4/c1-21(2,3)25-19(26)14-29-18-12-16(22)15(11-17(18)27-4)13-23-9-10-28-20-7-5-6-8-24-20/h5-8,11-12,23H,9-10,13-14H2,1-4H3,(H,25,26). The van der Waals surface area contributed by atoms with Crippen LogP contribution in [0, 0.1) is 0 Å². The van der Waals surface area contributed by atoms with Crippen LogP contribution in [-0.4, -0.2) is 43.3 Å². The minimum atomic E-state index is -0.305. The average Bonchev–Trinajstić information content (AvgIpc) is 2.66. The number of halogens is 1. The number of pyridine rings is 1. The van der Waals surface area contributed by atoms with Crippen molar-refractivity contribution in [1.29, 1.82) is 0 Å². The van der Waals surface area contributed by atoms with E-state index in [1.54, 1.807) is 13.3 Å². The van der Waals surface area contributed by atoms with Crippen molar-refractivity contribution in [3.63, 3.8) is 0 Å². The van der Waals surface area contributed by atoms with Gasteiger partial charge in [0.05, 0.1) is 7.11 Å². The van der Waals surface area contributed by atoms with Gasteiger partial charge in [-0.3, -0.25) is 4.79 Å². The number of methoxy groups -OCH3 is 1. The Morgan fingerprint density at radius 2 is 1.97 bits per heavy atom. The highest BCUT2D eigenvalue weighted by Crippen LogP contribution is 2.33. The number of aromatic nitrogens is 1. The summed E-state index contributed by atoms with van der Waals surface area (Å²) in [5.41, 5.74) is 0.701. The zero-order valence-electron chi connectivity index (χ0n) is 17.3. The first kappa shape index (κ1) is 23.0. The van der Waals surface area contributed by atoms with Crippen molar-refractivity contribution in [3.05, 3.63) is 46.6 Å². The van der Waals surface area contributed by atoms with Crippen LogP contribution in [0.25, 0.3) is 0 Å². The highest BCUT2D eigenvalue weighted by Gasteiger charge is 2.16. The van der Waals surface area contributed by atoms with E-state index in [1.807, 2.05) is 51.1 Å². The Balaban J connectivity index is 1.86. The van der Waals surface area contributed by atoms with Crippen molar-refractivity contribution in [1.82, 2.24) is 15.6 Å². The average molecular weight is 466 g/mol. The minimum absolute atomic E-state index is 0.0808. The van der Waals surface area contributed by atoms with Gasteiger partial charge in [-0.1, -0.05) is 22.0 Å². The molecule has 0 unspecified atom stereocenters. The van der Waals surface area contributed by atoms with E-state index >= 15 is 0 Å². The number of rotatable bonds is 10. The lowest BCUT2D eigenvalue weighted by atomic mass is 10.1. The Kier molecular flexibility index (Phi) is 8.72. The zero-order valence-corrected chi connectivity index (χ0v) is 18.8. The largest absolute Gasteiger partial charge is 0.493 e. The van der Waals surface area contributed by atoms with Crippen LogP contribution in [0.4, 0.5) is 0 Å². The van der Waals surface area contributed by atoms with Crippen LogP contribution in [0.15, 0.2) is 41.0 Å². The van der Waals surface area contributed by atoms with Crippen LogP contribution in [-0.2, 0) is 11.3 Å². The zero-order chi connectivity index (χ0) is 21.3. The summed E-state index contributed by atoms with van der Waals surface area (Å²) in [5.74, 6) is 1.49. The molecule has 29 heavy (non-hydrogen) atoms. The SMILES string of the molecule is COc1cc(CNCCOc2ccccn2)c(Br)cc1OCC(=O)NC(C)(C)C. The lowest BCUT2D eigenvalue weighted by Crippen LogP contribution is -2.43.